The summed E-state index contributed by atoms with van der Waals surface area (Å²) < 4.78 is 18.6. The second-order valence-electron chi connectivity index (χ2n) is 6.15. The first-order valence-corrected chi connectivity index (χ1v) is 8.54. The molecule has 1 amide bonds. The van der Waals surface area contributed by atoms with E-state index < -0.39 is 22.5 Å². The van der Waals surface area contributed by atoms with Crippen molar-refractivity contribution < 1.29 is 13.7 Å². The summed E-state index contributed by atoms with van der Waals surface area (Å²) in [6.07, 6.45) is 4.61. The summed E-state index contributed by atoms with van der Waals surface area (Å²) in [5, 5.41) is 2.80. The molecule has 0 aliphatic heterocycles. The lowest BCUT2D eigenvalue weighted by Gasteiger charge is -2.22. The Labute approximate surface area is 128 Å². The summed E-state index contributed by atoms with van der Waals surface area (Å²) in [5.41, 5.74) is 0.329. The molecule has 0 saturated heterocycles. The van der Waals surface area contributed by atoms with Gasteiger partial charge in [0.15, 0.2) is 0 Å². The predicted octanol–water partition coefficient (Wildman–Crippen LogP) is 2.24. The van der Waals surface area contributed by atoms with Crippen molar-refractivity contribution in [2.24, 2.45) is 0 Å². The number of nitrogens with one attached hydrogen (secondary N) is 1. The summed E-state index contributed by atoms with van der Waals surface area (Å²) in [6, 6.07) is -0.236. The monoisotopic (exact) mass is 315 g/mol. The quantitative estimate of drug-likeness (QED) is 0.904. The molecule has 120 valence electrons. The highest BCUT2D eigenvalue weighted by atomic mass is 32.2. The van der Waals surface area contributed by atoms with Crippen molar-refractivity contribution in [3.05, 3.63) is 18.2 Å². The van der Waals surface area contributed by atoms with Crippen LogP contribution in [-0.4, -0.2) is 37.0 Å². The van der Waals surface area contributed by atoms with Gasteiger partial charge in [-0.25, -0.2) is 9.78 Å². The third kappa shape index (κ3) is 5.87. The molecule has 1 rings (SSSR count). The van der Waals surface area contributed by atoms with E-state index in [9.17, 15) is 9.00 Å². The number of alkyl carbamates (subject to hydrolysis) is 1. The van der Waals surface area contributed by atoms with E-state index in [1.807, 2.05) is 39.2 Å². The number of hydrogen-bond acceptors (Lipinski definition) is 4. The van der Waals surface area contributed by atoms with Gasteiger partial charge in [-0.1, -0.05) is 0 Å². The molecule has 7 heteroatoms. The van der Waals surface area contributed by atoms with E-state index in [1.54, 1.807) is 18.8 Å². The largest absolute Gasteiger partial charge is 0.444 e. The van der Waals surface area contributed by atoms with Gasteiger partial charge in [0.2, 0.25) is 0 Å². The number of rotatable bonds is 5. The maximum atomic E-state index is 11.8. The summed E-state index contributed by atoms with van der Waals surface area (Å²) >= 11 is 0. The van der Waals surface area contributed by atoms with Crippen molar-refractivity contribution in [3.8, 4) is 0 Å². The van der Waals surface area contributed by atoms with Gasteiger partial charge in [-0.15, -0.1) is 0 Å². The third-order valence-electron chi connectivity index (χ3n) is 2.94. The molecule has 1 N–H and O–H groups in total. The highest BCUT2D eigenvalue weighted by Gasteiger charge is 2.20. The normalized spacial score (nSPS) is 16.1. The minimum atomic E-state index is -0.901. The van der Waals surface area contributed by atoms with Gasteiger partial charge in [0.1, 0.15) is 5.60 Å². The maximum absolute atomic E-state index is 11.8. The minimum absolute atomic E-state index is 0.0201. The Morgan fingerprint density at radius 2 is 2.10 bits per heavy atom. The number of carbonyl (C=O) groups excluding carboxylic acids is 1. The molecule has 0 aromatic carbocycles. The van der Waals surface area contributed by atoms with E-state index in [0.29, 0.717) is 6.54 Å². The van der Waals surface area contributed by atoms with Gasteiger partial charge in [0.25, 0.3) is 0 Å². The van der Waals surface area contributed by atoms with E-state index in [4.69, 9.17) is 4.74 Å². The lowest BCUT2D eigenvalue weighted by Crippen LogP contribution is -2.35. The molecular weight excluding hydrogens is 290 g/mol. The SMILES string of the molecule is CC(Cn1cncc1[C@@H](C)NC(=O)OC(C)(C)C)S(C)=O. The molecule has 0 saturated carbocycles. The average molecular weight is 315 g/mol. The number of amides is 1. The van der Waals surface area contributed by atoms with Gasteiger partial charge < -0.3 is 14.6 Å². The average Bonchev–Trinajstić information content (AvgIpc) is 2.73. The molecule has 1 heterocycles. The Hall–Kier alpha value is -1.37. The Balaban J connectivity index is 2.71. The standard InChI is InChI=1S/C14H25N3O3S/c1-10(21(6)19)8-17-9-15-7-12(17)11(2)16-13(18)20-14(3,4)5/h7,9-11H,8H2,1-6H3,(H,16,18)/t10?,11-,21?/m1/s1. The highest BCUT2D eigenvalue weighted by Crippen LogP contribution is 2.15. The van der Waals surface area contributed by atoms with Crippen molar-refractivity contribution >= 4 is 16.9 Å². The third-order valence-corrected chi connectivity index (χ3v) is 4.22. The van der Waals surface area contributed by atoms with Crippen LogP contribution in [0.15, 0.2) is 12.5 Å². The van der Waals surface area contributed by atoms with E-state index in [1.165, 1.54) is 0 Å². The van der Waals surface area contributed by atoms with Crippen molar-refractivity contribution in [1.82, 2.24) is 14.9 Å². The second kappa shape index (κ2) is 7.06. The first-order valence-electron chi connectivity index (χ1n) is 6.92. The highest BCUT2D eigenvalue weighted by molar-refractivity contribution is 7.84. The van der Waals surface area contributed by atoms with Crippen LogP contribution in [0, 0.1) is 0 Å². The summed E-state index contributed by atoms with van der Waals surface area (Å²) in [7, 11) is -0.901. The minimum Gasteiger partial charge on any atom is -0.444 e. The van der Waals surface area contributed by atoms with E-state index in [0.717, 1.165) is 5.69 Å². The van der Waals surface area contributed by atoms with Gasteiger partial charge in [-0.2, -0.15) is 0 Å². The smallest absolute Gasteiger partial charge is 0.408 e. The van der Waals surface area contributed by atoms with Crippen LogP contribution in [0.1, 0.15) is 46.4 Å². The summed E-state index contributed by atoms with van der Waals surface area (Å²) in [4.78, 5) is 15.9. The molecule has 0 spiro atoms. The lowest BCUT2D eigenvalue weighted by atomic mass is 10.2. The van der Waals surface area contributed by atoms with Crippen LogP contribution >= 0.6 is 0 Å². The molecule has 3 atom stereocenters. The Morgan fingerprint density at radius 1 is 1.48 bits per heavy atom. The van der Waals surface area contributed by atoms with Gasteiger partial charge in [-0.3, -0.25) is 4.21 Å². The van der Waals surface area contributed by atoms with Crippen LogP contribution in [0.5, 0.6) is 0 Å². The van der Waals surface area contributed by atoms with Crippen LogP contribution in [0.25, 0.3) is 0 Å². The molecule has 2 unspecified atom stereocenters. The van der Waals surface area contributed by atoms with Crippen LogP contribution < -0.4 is 5.32 Å². The van der Waals surface area contributed by atoms with Crippen LogP contribution in [0.3, 0.4) is 0 Å². The molecule has 0 aliphatic rings. The predicted molar refractivity (Wildman–Crippen MR) is 83.5 cm³/mol. The van der Waals surface area contributed by atoms with Crippen molar-refractivity contribution in [2.75, 3.05) is 6.26 Å². The summed E-state index contributed by atoms with van der Waals surface area (Å²) in [6.45, 7) is 9.84. The lowest BCUT2D eigenvalue weighted by molar-refractivity contribution is 0.0506. The molecule has 6 nitrogen and oxygen atoms in total. The zero-order valence-corrected chi connectivity index (χ0v) is 14.4. The van der Waals surface area contributed by atoms with Gasteiger partial charge in [0, 0.05) is 28.9 Å². The molecular formula is C14H25N3O3S. The first-order chi connectivity index (χ1) is 9.60. The zero-order valence-electron chi connectivity index (χ0n) is 13.5. The Kier molecular flexibility index (Phi) is 5.95. The first kappa shape index (κ1) is 17.7. The zero-order chi connectivity index (χ0) is 16.2. The molecule has 1 aromatic rings. The Bertz CT molecular complexity index is 508. The maximum Gasteiger partial charge on any atom is 0.408 e. The molecule has 0 bridgehead atoms. The van der Waals surface area contributed by atoms with Gasteiger partial charge in [-0.05, 0) is 34.6 Å². The van der Waals surface area contributed by atoms with Crippen LogP contribution in [0.2, 0.25) is 0 Å². The fourth-order valence-corrected chi connectivity index (χ4v) is 2.15. The van der Waals surface area contributed by atoms with Crippen molar-refractivity contribution in [2.45, 2.75) is 58.1 Å². The number of carbonyl (C=O) groups is 1. The topological polar surface area (TPSA) is 73.2 Å². The molecule has 1 aromatic heterocycles. The van der Waals surface area contributed by atoms with Gasteiger partial charge >= 0.3 is 6.09 Å². The number of ether oxygens (including phenoxy) is 1. The molecule has 0 fully saturated rings. The fraction of sp³-hybridized carbons (Fsp3) is 0.714. The molecule has 0 aliphatic carbocycles. The van der Waals surface area contributed by atoms with E-state index >= 15 is 0 Å². The number of hydrogen-bond donors (Lipinski definition) is 1. The van der Waals surface area contributed by atoms with Crippen molar-refractivity contribution in [3.63, 3.8) is 0 Å². The van der Waals surface area contributed by atoms with Crippen LogP contribution in [-0.2, 0) is 22.1 Å². The van der Waals surface area contributed by atoms with E-state index in [2.05, 4.69) is 10.3 Å². The van der Waals surface area contributed by atoms with Crippen molar-refractivity contribution in [1.29, 1.82) is 0 Å². The molecule has 21 heavy (non-hydrogen) atoms. The molecule has 0 radical (unpaired) electrons. The van der Waals surface area contributed by atoms with Gasteiger partial charge in [0.05, 0.1) is 24.3 Å². The second-order valence-corrected chi connectivity index (χ2v) is 7.95. The van der Waals surface area contributed by atoms with Crippen LogP contribution in [0.4, 0.5) is 4.79 Å². The number of nitrogens with zero attached hydrogens (tertiary/aromatic N) is 2. The number of aromatic nitrogens is 2. The fourth-order valence-electron chi connectivity index (χ4n) is 1.78. The van der Waals surface area contributed by atoms with E-state index in [-0.39, 0.29) is 11.3 Å². The number of imidazole rings is 1. The Morgan fingerprint density at radius 3 is 2.62 bits per heavy atom. The summed E-state index contributed by atoms with van der Waals surface area (Å²) in [5.74, 6) is 0.